The van der Waals surface area contributed by atoms with E-state index < -0.39 is 17.5 Å². The largest absolute Gasteiger partial charge is 0.425 e. The highest BCUT2D eigenvalue weighted by atomic mass is 32.2. The maximum Gasteiger partial charge on any atom is 0.425 e. The van der Waals surface area contributed by atoms with Crippen molar-refractivity contribution in [3.8, 4) is 0 Å². The number of carbonyl (C=O) groups is 1. The van der Waals surface area contributed by atoms with Gasteiger partial charge < -0.3 is 13.8 Å². The zero-order chi connectivity index (χ0) is 8.97. The summed E-state index contributed by atoms with van der Waals surface area (Å²) in [7, 11) is 0. The molecule has 0 aromatic heterocycles. The van der Waals surface area contributed by atoms with Crippen LogP contribution in [0.2, 0.25) is 0 Å². The summed E-state index contributed by atoms with van der Waals surface area (Å²) >= 11 is -2.53. The first kappa shape index (κ1) is 9.43. The molecule has 0 bridgehead atoms. The van der Waals surface area contributed by atoms with Crippen LogP contribution in [0.3, 0.4) is 0 Å². The van der Waals surface area contributed by atoms with Gasteiger partial charge in [-0.2, -0.15) is 4.21 Å². The summed E-state index contributed by atoms with van der Waals surface area (Å²) in [5.74, 6) is 0. The van der Waals surface area contributed by atoms with Gasteiger partial charge in [0.05, 0.1) is 13.2 Å². The van der Waals surface area contributed by atoms with E-state index >= 15 is 0 Å². The number of hydrogen-bond donors (Lipinski definition) is 1. The Morgan fingerprint density at radius 2 is 2.08 bits per heavy atom. The van der Waals surface area contributed by atoms with Crippen molar-refractivity contribution in [2.24, 2.45) is 0 Å². The number of amides is 1. The van der Waals surface area contributed by atoms with Crippen LogP contribution < -0.4 is 0 Å². The molecule has 0 radical (unpaired) electrons. The van der Waals surface area contributed by atoms with Crippen LogP contribution in [0.5, 0.6) is 0 Å². The highest BCUT2D eigenvalue weighted by Crippen LogP contribution is 2.00. The molecule has 70 valence electrons. The fraction of sp³-hybridized carbons (Fsp3) is 0.800. The molecule has 0 spiro atoms. The fourth-order valence-electron chi connectivity index (χ4n) is 0.860. The van der Waals surface area contributed by atoms with Crippen LogP contribution in [0.25, 0.3) is 0 Å². The summed E-state index contributed by atoms with van der Waals surface area (Å²) in [6, 6.07) is 0. The summed E-state index contributed by atoms with van der Waals surface area (Å²) in [6.07, 6.45) is -0.779. The van der Waals surface area contributed by atoms with Crippen molar-refractivity contribution in [2.75, 3.05) is 26.3 Å². The Bertz CT molecular complexity index is 190. The standard InChI is InChI=1S/C5H9NO5S/c7-5(11-12(8)9)6-1-3-10-4-2-6/h1-4H2,(H,8,9). The second-order valence-corrected chi connectivity index (χ2v) is 2.77. The average Bonchev–Trinajstić information content (AvgIpc) is 2.05. The molecular weight excluding hydrogens is 186 g/mol. The number of ether oxygens (including phenoxy) is 1. The van der Waals surface area contributed by atoms with Crippen molar-refractivity contribution in [2.45, 2.75) is 0 Å². The van der Waals surface area contributed by atoms with Crippen LogP contribution >= 0.6 is 0 Å². The Balaban J connectivity index is 2.34. The number of carbonyl (C=O) groups excluding carboxylic acids is 1. The first-order chi connectivity index (χ1) is 5.70. The minimum Gasteiger partial charge on any atom is -0.378 e. The first-order valence-electron chi connectivity index (χ1n) is 3.36. The van der Waals surface area contributed by atoms with Crippen molar-refractivity contribution < 1.29 is 22.5 Å². The van der Waals surface area contributed by atoms with Gasteiger partial charge in [0, 0.05) is 13.1 Å². The quantitative estimate of drug-likeness (QED) is 0.576. The second kappa shape index (κ2) is 4.39. The third-order valence-corrected chi connectivity index (χ3v) is 1.70. The molecule has 1 saturated heterocycles. The molecule has 1 atom stereocenters. The summed E-state index contributed by atoms with van der Waals surface area (Å²) in [5.41, 5.74) is 0. The lowest BCUT2D eigenvalue weighted by Crippen LogP contribution is -2.41. The fourth-order valence-corrected chi connectivity index (χ4v) is 1.09. The van der Waals surface area contributed by atoms with Gasteiger partial charge in [0.25, 0.3) is 0 Å². The lowest BCUT2D eigenvalue weighted by atomic mass is 10.5. The van der Waals surface area contributed by atoms with Gasteiger partial charge in [0.15, 0.2) is 0 Å². The molecule has 1 aliphatic heterocycles. The molecule has 1 fully saturated rings. The van der Waals surface area contributed by atoms with Gasteiger partial charge in [-0.25, -0.2) is 4.79 Å². The Labute approximate surface area is 71.9 Å². The highest BCUT2D eigenvalue weighted by Gasteiger charge is 2.19. The smallest absolute Gasteiger partial charge is 0.378 e. The molecule has 0 aromatic carbocycles. The molecule has 1 heterocycles. The van der Waals surface area contributed by atoms with Gasteiger partial charge in [0.2, 0.25) is 0 Å². The van der Waals surface area contributed by atoms with Gasteiger partial charge in [-0.1, -0.05) is 0 Å². The maximum atomic E-state index is 10.9. The van der Waals surface area contributed by atoms with Crippen molar-refractivity contribution in [1.29, 1.82) is 0 Å². The van der Waals surface area contributed by atoms with E-state index in [0.717, 1.165) is 0 Å². The number of nitrogens with zero attached hydrogens (tertiary/aromatic N) is 1. The van der Waals surface area contributed by atoms with Gasteiger partial charge in [-0.05, 0) is 0 Å². The van der Waals surface area contributed by atoms with Gasteiger partial charge >= 0.3 is 17.5 Å². The molecule has 1 aliphatic rings. The van der Waals surface area contributed by atoms with E-state index in [4.69, 9.17) is 9.29 Å². The van der Waals surface area contributed by atoms with Crippen LogP contribution in [0.15, 0.2) is 0 Å². The lowest BCUT2D eigenvalue weighted by molar-refractivity contribution is 0.0420. The van der Waals surface area contributed by atoms with E-state index in [1.807, 2.05) is 0 Å². The number of morpholine rings is 1. The Kier molecular flexibility index (Phi) is 3.45. The molecule has 0 aliphatic carbocycles. The summed E-state index contributed by atoms with van der Waals surface area (Å²) in [5, 5.41) is 0. The molecule has 1 N–H and O–H groups in total. The molecule has 1 rings (SSSR count). The normalized spacial score (nSPS) is 20.2. The molecule has 0 aromatic rings. The summed E-state index contributed by atoms with van der Waals surface area (Å²) in [4.78, 5) is 12.2. The van der Waals surface area contributed by atoms with Crippen LogP contribution in [0, 0.1) is 0 Å². The molecule has 6 nitrogen and oxygen atoms in total. The minimum absolute atomic E-state index is 0.399. The minimum atomic E-state index is -2.53. The lowest BCUT2D eigenvalue weighted by Gasteiger charge is -2.24. The van der Waals surface area contributed by atoms with E-state index in [2.05, 4.69) is 4.18 Å². The van der Waals surface area contributed by atoms with E-state index in [1.54, 1.807) is 0 Å². The van der Waals surface area contributed by atoms with Crippen molar-refractivity contribution >= 4 is 17.5 Å². The SMILES string of the molecule is O=C(OS(=O)O)N1CCOCC1. The molecule has 12 heavy (non-hydrogen) atoms. The topological polar surface area (TPSA) is 76.1 Å². The summed E-state index contributed by atoms with van der Waals surface area (Å²) in [6.45, 7) is 1.67. The third-order valence-electron chi connectivity index (χ3n) is 1.41. The molecule has 0 saturated carbocycles. The van der Waals surface area contributed by atoms with Crippen LogP contribution in [-0.4, -0.2) is 46.1 Å². The zero-order valence-electron chi connectivity index (χ0n) is 6.26. The van der Waals surface area contributed by atoms with Gasteiger partial charge in [0.1, 0.15) is 0 Å². The van der Waals surface area contributed by atoms with Crippen molar-refractivity contribution in [3.63, 3.8) is 0 Å². The Morgan fingerprint density at radius 1 is 1.50 bits per heavy atom. The second-order valence-electron chi connectivity index (χ2n) is 2.17. The predicted molar refractivity (Wildman–Crippen MR) is 39.6 cm³/mol. The number of rotatable bonds is 1. The first-order valence-corrected chi connectivity index (χ1v) is 4.39. The molecule has 7 heteroatoms. The van der Waals surface area contributed by atoms with Crippen LogP contribution in [-0.2, 0) is 20.3 Å². The number of hydrogen-bond acceptors (Lipinski definition) is 4. The monoisotopic (exact) mass is 195 g/mol. The zero-order valence-corrected chi connectivity index (χ0v) is 7.08. The maximum absolute atomic E-state index is 10.9. The average molecular weight is 195 g/mol. The van der Waals surface area contributed by atoms with E-state index in [1.165, 1.54) is 4.90 Å². The van der Waals surface area contributed by atoms with Crippen molar-refractivity contribution in [3.05, 3.63) is 0 Å². The molecule has 1 unspecified atom stereocenters. The van der Waals surface area contributed by atoms with Crippen LogP contribution in [0.4, 0.5) is 4.79 Å². The Morgan fingerprint density at radius 3 is 2.58 bits per heavy atom. The summed E-state index contributed by atoms with van der Waals surface area (Å²) < 4.78 is 27.3. The van der Waals surface area contributed by atoms with Gasteiger partial charge in [-0.3, -0.25) is 4.55 Å². The molecule has 1 amide bonds. The molecular formula is C5H9NO5S. The Hall–Kier alpha value is -0.660. The van der Waals surface area contributed by atoms with Crippen LogP contribution in [0.1, 0.15) is 0 Å². The third kappa shape index (κ3) is 2.76. The van der Waals surface area contributed by atoms with E-state index in [9.17, 15) is 9.00 Å². The van der Waals surface area contributed by atoms with E-state index in [0.29, 0.717) is 26.3 Å². The predicted octanol–water partition coefficient (Wildman–Crippen LogP) is -0.408. The van der Waals surface area contributed by atoms with Crippen molar-refractivity contribution in [1.82, 2.24) is 4.90 Å². The van der Waals surface area contributed by atoms with E-state index in [-0.39, 0.29) is 0 Å². The van der Waals surface area contributed by atoms with Gasteiger partial charge in [-0.15, -0.1) is 0 Å². The highest BCUT2D eigenvalue weighted by molar-refractivity contribution is 7.74.